The number of nitrogens with zero attached hydrogens (tertiary/aromatic N) is 3. The third-order valence-electron chi connectivity index (χ3n) is 4.71. The molecule has 4 rings (SSSR count). The number of hydrogen-bond acceptors (Lipinski definition) is 3. The van der Waals surface area contributed by atoms with Gasteiger partial charge in [-0.2, -0.15) is 5.10 Å². The molecule has 2 aromatic heterocycles. The summed E-state index contributed by atoms with van der Waals surface area (Å²) in [5.74, 6) is 0.636. The zero-order valence-electron chi connectivity index (χ0n) is 15.6. The van der Waals surface area contributed by atoms with Gasteiger partial charge in [0.05, 0.1) is 0 Å². The predicted molar refractivity (Wildman–Crippen MR) is 114 cm³/mol. The summed E-state index contributed by atoms with van der Waals surface area (Å²) in [5, 5.41) is 10.4. The summed E-state index contributed by atoms with van der Waals surface area (Å²) in [6.45, 7) is 0.708. The summed E-state index contributed by atoms with van der Waals surface area (Å²) in [4.78, 5) is 17.0. The Labute approximate surface area is 173 Å². The van der Waals surface area contributed by atoms with Crippen LogP contribution >= 0.6 is 11.6 Å². The van der Waals surface area contributed by atoms with E-state index in [4.69, 9.17) is 11.6 Å². The number of halogens is 1. The molecule has 0 spiro atoms. The van der Waals surface area contributed by atoms with Crippen LogP contribution < -0.4 is 5.32 Å². The molecule has 1 amide bonds. The highest BCUT2D eigenvalue weighted by Crippen LogP contribution is 2.25. The molecule has 0 aliphatic heterocycles. The molecule has 29 heavy (non-hydrogen) atoms. The van der Waals surface area contributed by atoms with Gasteiger partial charge in [0.25, 0.3) is 0 Å². The molecule has 2 aromatic carbocycles. The number of nitrogens with one attached hydrogen (secondary N) is 2. The number of amides is 1. The predicted octanol–water partition coefficient (Wildman–Crippen LogP) is 4.74. The van der Waals surface area contributed by atoms with E-state index in [-0.39, 0.29) is 11.8 Å². The average molecular weight is 406 g/mol. The van der Waals surface area contributed by atoms with Gasteiger partial charge in [-0.3, -0.25) is 9.89 Å². The maximum absolute atomic E-state index is 12.8. The fourth-order valence-electron chi connectivity index (χ4n) is 3.29. The van der Waals surface area contributed by atoms with Crippen LogP contribution in [0.4, 0.5) is 5.69 Å². The number of hydrogen-bond donors (Lipinski definition) is 2. The molecule has 2 N–H and O–H groups in total. The van der Waals surface area contributed by atoms with Gasteiger partial charge in [0, 0.05) is 47.6 Å². The lowest BCUT2D eigenvalue weighted by atomic mass is 9.95. The van der Waals surface area contributed by atoms with Crippen molar-refractivity contribution in [3.8, 4) is 11.4 Å². The molecule has 0 saturated carbocycles. The van der Waals surface area contributed by atoms with Crippen LogP contribution in [0.1, 0.15) is 17.9 Å². The summed E-state index contributed by atoms with van der Waals surface area (Å²) in [6.07, 6.45) is 5.81. The third kappa shape index (κ3) is 4.92. The van der Waals surface area contributed by atoms with Crippen LogP contribution in [0, 0.1) is 0 Å². The SMILES string of the molecule is O=C(C[C@@H](Cn1cccc1)c1ccc(Cl)cc1)Nc1cccc(-c2ncn[nH]2)c1. The van der Waals surface area contributed by atoms with Gasteiger partial charge in [0.1, 0.15) is 6.33 Å². The number of carbonyl (C=O) groups is 1. The van der Waals surface area contributed by atoms with Gasteiger partial charge < -0.3 is 9.88 Å². The van der Waals surface area contributed by atoms with Crippen LogP contribution in [-0.2, 0) is 11.3 Å². The minimum atomic E-state index is -0.0492. The van der Waals surface area contributed by atoms with Crippen molar-refractivity contribution >= 4 is 23.2 Å². The molecule has 146 valence electrons. The van der Waals surface area contributed by atoms with Crippen molar-refractivity contribution in [1.29, 1.82) is 0 Å². The maximum atomic E-state index is 12.8. The molecule has 1 atom stereocenters. The van der Waals surface area contributed by atoms with Crippen molar-refractivity contribution in [1.82, 2.24) is 19.7 Å². The van der Waals surface area contributed by atoms with Crippen molar-refractivity contribution in [2.75, 3.05) is 5.32 Å². The maximum Gasteiger partial charge on any atom is 0.225 e. The minimum absolute atomic E-state index is 0.0251. The van der Waals surface area contributed by atoms with Gasteiger partial charge in [0.2, 0.25) is 5.91 Å². The minimum Gasteiger partial charge on any atom is -0.354 e. The van der Waals surface area contributed by atoms with Gasteiger partial charge in [-0.05, 0) is 42.0 Å². The second-order valence-electron chi connectivity index (χ2n) is 6.80. The van der Waals surface area contributed by atoms with Crippen LogP contribution in [0.25, 0.3) is 11.4 Å². The van der Waals surface area contributed by atoms with E-state index in [1.54, 1.807) is 0 Å². The summed E-state index contributed by atoms with van der Waals surface area (Å²) in [6, 6.07) is 19.2. The quantitative estimate of drug-likeness (QED) is 0.466. The first-order chi connectivity index (χ1) is 14.2. The molecule has 0 unspecified atom stereocenters. The number of H-pyrrole nitrogens is 1. The van der Waals surface area contributed by atoms with Crippen molar-refractivity contribution in [3.63, 3.8) is 0 Å². The van der Waals surface area contributed by atoms with E-state index >= 15 is 0 Å². The highest BCUT2D eigenvalue weighted by molar-refractivity contribution is 6.30. The molecule has 0 bridgehead atoms. The number of aromatic amines is 1. The van der Waals surface area contributed by atoms with Gasteiger partial charge >= 0.3 is 0 Å². The highest BCUT2D eigenvalue weighted by atomic mass is 35.5. The van der Waals surface area contributed by atoms with Crippen molar-refractivity contribution in [3.05, 3.63) is 90.0 Å². The Balaban J connectivity index is 1.49. The van der Waals surface area contributed by atoms with Gasteiger partial charge in [-0.25, -0.2) is 4.98 Å². The van der Waals surface area contributed by atoms with Crippen LogP contribution in [0.2, 0.25) is 5.02 Å². The summed E-state index contributed by atoms with van der Waals surface area (Å²) in [5.41, 5.74) is 2.66. The monoisotopic (exact) mass is 405 g/mol. The first-order valence-corrected chi connectivity index (χ1v) is 9.67. The smallest absolute Gasteiger partial charge is 0.225 e. The molecule has 0 fully saturated rings. The van der Waals surface area contributed by atoms with E-state index in [1.165, 1.54) is 6.33 Å². The molecule has 0 aliphatic carbocycles. The molecule has 0 aliphatic rings. The van der Waals surface area contributed by atoms with Crippen LogP contribution in [0.3, 0.4) is 0 Å². The first-order valence-electron chi connectivity index (χ1n) is 9.29. The third-order valence-corrected chi connectivity index (χ3v) is 4.96. The summed E-state index contributed by atoms with van der Waals surface area (Å²) < 4.78 is 2.08. The van der Waals surface area contributed by atoms with Crippen molar-refractivity contribution in [2.24, 2.45) is 0 Å². The van der Waals surface area contributed by atoms with Gasteiger partial charge in [-0.1, -0.05) is 35.9 Å². The number of anilines is 1. The highest BCUT2D eigenvalue weighted by Gasteiger charge is 2.17. The lowest BCUT2D eigenvalue weighted by Crippen LogP contribution is -2.18. The Morgan fingerprint density at radius 1 is 1.10 bits per heavy atom. The number of rotatable bonds is 7. The van der Waals surface area contributed by atoms with Gasteiger partial charge in [-0.15, -0.1) is 0 Å². The zero-order valence-corrected chi connectivity index (χ0v) is 16.4. The van der Waals surface area contributed by atoms with Crippen molar-refractivity contribution in [2.45, 2.75) is 18.9 Å². The fraction of sp³-hybridized carbons (Fsp3) is 0.136. The van der Waals surface area contributed by atoms with Crippen LogP contribution in [0.5, 0.6) is 0 Å². The van der Waals surface area contributed by atoms with E-state index in [0.29, 0.717) is 23.8 Å². The van der Waals surface area contributed by atoms with E-state index in [1.807, 2.05) is 73.1 Å². The van der Waals surface area contributed by atoms with E-state index in [9.17, 15) is 4.79 Å². The molecule has 0 radical (unpaired) electrons. The molecular weight excluding hydrogens is 386 g/mol. The Hall–Kier alpha value is -3.38. The molecule has 7 heteroatoms. The number of aromatic nitrogens is 4. The number of benzene rings is 2. The summed E-state index contributed by atoms with van der Waals surface area (Å²) >= 11 is 6.03. The van der Waals surface area contributed by atoms with Gasteiger partial charge in [0.15, 0.2) is 5.82 Å². The second kappa shape index (κ2) is 8.75. The largest absolute Gasteiger partial charge is 0.354 e. The van der Waals surface area contributed by atoms with E-state index in [2.05, 4.69) is 25.1 Å². The Kier molecular flexibility index (Phi) is 5.72. The first kappa shape index (κ1) is 19.0. The second-order valence-corrected chi connectivity index (χ2v) is 7.23. The number of carbonyl (C=O) groups excluding carboxylic acids is 1. The Morgan fingerprint density at radius 3 is 2.62 bits per heavy atom. The van der Waals surface area contributed by atoms with E-state index < -0.39 is 0 Å². The lowest BCUT2D eigenvalue weighted by Gasteiger charge is -2.18. The molecular formula is C22H20ClN5O. The normalized spacial score (nSPS) is 11.9. The Bertz CT molecular complexity index is 1060. The molecule has 6 nitrogen and oxygen atoms in total. The summed E-state index contributed by atoms with van der Waals surface area (Å²) in [7, 11) is 0. The van der Waals surface area contributed by atoms with E-state index in [0.717, 1.165) is 16.8 Å². The van der Waals surface area contributed by atoms with Crippen LogP contribution in [0.15, 0.2) is 79.4 Å². The standard InChI is InChI=1S/C22H20ClN5O/c23-19-8-6-16(7-9-19)18(14-28-10-1-2-11-28)13-21(29)26-20-5-3-4-17(12-20)22-24-15-25-27-22/h1-12,15,18H,13-14H2,(H,26,29)(H,24,25,27)/t18-/m0/s1. The Morgan fingerprint density at radius 2 is 1.90 bits per heavy atom. The molecule has 4 aromatic rings. The molecule has 2 heterocycles. The fourth-order valence-corrected chi connectivity index (χ4v) is 3.42. The zero-order chi connectivity index (χ0) is 20.1. The molecule has 0 saturated heterocycles. The van der Waals surface area contributed by atoms with Crippen LogP contribution in [-0.4, -0.2) is 25.7 Å². The van der Waals surface area contributed by atoms with Crippen molar-refractivity contribution < 1.29 is 4.79 Å². The lowest BCUT2D eigenvalue weighted by molar-refractivity contribution is -0.116. The topological polar surface area (TPSA) is 75.6 Å². The average Bonchev–Trinajstić information content (AvgIpc) is 3.42.